The maximum Gasteiger partial charge on any atom is 0.0670 e. The van der Waals surface area contributed by atoms with E-state index >= 15 is 0 Å². The van der Waals surface area contributed by atoms with E-state index in [4.69, 9.17) is 5.73 Å². The van der Waals surface area contributed by atoms with Gasteiger partial charge in [-0.1, -0.05) is 13.3 Å². The highest BCUT2D eigenvalue weighted by Gasteiger charge is 2.39. The molecule has 3 rings (SSSR count). The number of hydrogen-bond acceptors (Lipinski definition) is 3. The summed E-state index contributed by atoms with van der Waals surface area (Å²) in [5.41, 5.74) is 8.66. The van der Waals surface area contributed by atoms with Gasteiger partial charge in [-0.15, -0.1) is 0 Å². The molecule has 0 amide bonds. The molecule has 1 aromatic rings. The van der Waals surface area contributed by atoms with Gasteiger partial charge in [-0.3, -0.25) is 9.58 Å². The van der Waals surface area contributed by atoms with Crippen molar-refractivity contribution in [2.24, 2.45) is 24.6 Å². The van der Waals surface area contributed by atoms with Crippen LogP contribution in [0.4, 0.5) is 0 Å². The average Bonchev–Trinajstić information content (AvgIpc) is 3.04. The lowest BCUT2D eigenvalue weighted by atomic mass is 10.0. The minimum atomic E-state index is 0.370. The molecular formula is C15H26N4. The van der Waals surface area contributed by atoms with Gasteiger partial charge in [0.15, 0.2) is 0 Å². The minimum absolute atomic E-state index is 0.370. The van der Waals surface area contributed by atoms with E-state index in [1.165, 1.54) is 43.6 Å². The second kappa shape index (κ2) is 5.25. The lowest BCUT2D eigenvalue weighted by Crippen LogP contribution is -2.33. The molecule has 1 aromatic heterocycles. The number of likely N-dealkylation sites (tertiary alicyclic amines) is 1. The molecule has 0 spiro atoms. The standard InChI is InChI=1S/C15H26N4/c1-3-14-13(10-18(2)17-14)15(7-16)19-8-11-5-4-6-12(11)9-19/h10-12,15H,3-9,16H2,1-2H3. The fourth-order valence-corrected chi connectivity index (χ4v) is 4.10. The van der Waals surface area contributed by atoms with Crippen LogP contribution >= 0.6 is 0 Å². The third kappa shape index (κ3) is 2.32. The Morgan fingerprint density at radius 2 is 2.05 bits per heavy atom. The van der Waals surface area contributed by atoms with Crippen LogP contribution in [0.25, 0.3) is 0 Å². The smallest absolute Gasteiger partial charge is 0.0670 e. The van der Waals surface area contributed by atoms with Crippen molar-refractivity contribution >= 4 is 0 Å². The Morgan fingerprint density at radius 3 is 2.63 bits per heavy atom. The van der Waals surface area contributed by atoms with Crippen LogP contribution < -0.4 is 5.73 Å². The summed E-state index contributed by atoms with van der Waals surface area (Å²) < 4.78 is 1.94. The van der Waals surface area contributed by atoms with Crippen molar-refractivity contribution in [3.63, 3.8) is 0 Å². The van der Waals surface area contributed by atoms with Gasteiger partial charge in [0.05, 0.1) is 11.7 Å². The van der Waals surface area contributed by atoms with Crippen LogP contribution in [0.5, 0.6) is 0 Å². The highest BCUT2D eigenvalue weighted by Crippen LogP contribution is 2.41. The lowest BCUT2D eigenvalue weighted by molar-refractivity contribution is 0.231. The quantitative estimate of drug-likeness (QED) is 0.898. The number of nitrogens with zero attached hydrogens (tertiary/aromatic N) is 3. The van der Waals surface area contributed by atoms with Gasteiger partial charge in [-0.25, -0.2) is 0 Å². The number of hydrogen-bond donors (Lipinski definition) is 1. The van der Waals surface area contributed by atoms with Gasteiger partial charge in [0, 0.05) is 38.4 Å². The Morgan fingerprint density at radius 1 is 1.37 bits per heavy atom. The molecule has 2 N–H and O–H groups in total. The van der Waals surface area contributed by atoms with Crippen LogP contribution in [0.2, 0.25) is 0 Å². The van der Waals surface area contributed by atoms with Crippen LogP contribution in [0, 0.1) is 11.8 Å². The first-order valence-electron chi connectivity index (χ1n) is 7.69. The van der Waals surface area contributed by atoms with E-state index < -0.39 is 0 Å². The van der Waals surface area contributed by atoms with Gasteiger partial charge in [0.1, 0.15) is 0 Å². The van der Waals surface area contributed by atoms with E-state index in [0.29, 0.717) is 12.6 Å². The van der Waals surface area contributed by atoms with E-state index in [9.17, 15) is 0 Å². The summed E-state index contributed by atoms with van der Waals surface area (Å²) in [6.45, 7) is 5.37. The Hall–Kier alpha value is -0.870. The highest BCUT2D eigenvalue weighted by molar-refractivity contribution is 5.22. The molecule has 1 saturated heterocycles. The predicted octanol–water partition coefficient (Wildman–Crippen LogP) is 1.71. The zero-order valence-electron chi connectivity index (χ0n) is 12.2. The van der Waals surface area contributed by atoms with Gasteiger partial charge < -0.3 is 5.73 Å². The summed E-state index contributed by atoms with van der Waals surface area (Å²) in [5, 5.41) is 4.58. The van der Waals surface area contributed by atoms with Crippen molar-refractivity contribution < 1.29 is 0 Å². The molecule has 2 fully saturated rings. The van der Waals surface area contributed by atoms with E-state index in [2.05, 4.69) is 23.1 Å². The SMILES string of the molecule is CCc1nn(C)cc1C(CN)N1CC2CCCC2C1. The van der Waals surface area contributed by atoms with Crippen molar-refractivity contribution in [1.29, 1.82) is 0 Å². The Balaban J connectivity index is 1.80. The zero-order chi connectivity index (χ0) is 13.4. The lowest BCUT2D eigenvalue weighted by Gasteiger charge is -2.27. The third-order valence-electron chi connectivity index (χ3n) is 5.05. The maximum atomic E-state index is 6.09. The van der Waals surface area contributed by atoms with Crippen molar-refractivity contribution in [2.75, 3.05) is 19.6 Å². The number of aryl methyl sites for hydroxylation is 2. The maximum absolute atomic E-state index is 6.09. The molecule has 4 heteroatoms. The first kappa shape index (κ1) is 13.1. The molecule has 2 heterocycles. The molecule has 3 atom stereocenters. The van der Waals surface area contributed by atoms with Gasteiger partial charge in [0.25, 0.3) is 0 Å². The van der Waals surface area contributed by atoms with Crippen LogP contribution in [0.3, 0.4) is 0 Å². The van der Waals surface area contributed by atoms with E-state index in [1.54, 1.807) is 0 Å². The molecule has 1 aliphatic carbocycles. The van der Waals surface area contributed by atoms with E-state index in [-0.39, 0.29) is 0 Å². The Kier molecular flexibility index (Phi) is 3.63. The topological polar surface area (TPSA) is 47.1 Å². The molecule has 0 radical (unpaired) electrons. The molecular weight excluding hydrogens is 236 g/mol. The number of fused-ring (bicyclic) bond motifs is 1. The molecule has 106 valence electrons. The first-order chi connectivity index (χ1) is 9.22. The van der Waals surface area contributed by atoms with Crippen LogP contribution in [-0.4, -0.2) is 34.3 Å². The highest BCUT2D eigenvalue weighted by atomic mass is 15.3. The first-order valence-corrected chi connectivity index (χ1v) is 7.69. The molecule has 2 aliphatic rings. The summed E-state index contributed by atoms with van der Waals surface area (Å²) in [5.74, 6) is 1.85. The zero-order valence-corrected chi connectivity index (χ0v) is 12.2. The monoisotopic (exact) mass is 262 g/mol. The van der Waals surface area contributed by atoms with Gasteiger partial charge in [-0.05, 0) is 31.1 Å². The molecule has 0 aromatic carbocycles. The third-order valence-corrected chi connectivity index (χ3v) is 5.05. The van der Waals surface area contributed by atoms with Crippen molar-refractivity contribution in [1.82, 2.24) is 14.7 Å². The minimum Gasteiger partial charge on any atom is -0.329 e. The second-order valence-electron chi connectivity index (χ2n) is 6.21. The molecule has 1 saturated carbocycles. The van der Waals surface area contributed by atoms with Crippen LogP contribution in [-0.2, 0) is 13.5 Å². The average molecular weight is 262 g/mol. The van der Waals surface area contributed by atoms with Gasteiger partial charge in [-0.2, -0.15) is 5.10 Å². The summed E-state index contributed by atoms with van der Waals surface area (Å²) in [4.78, 5) is 2.62. The Labute approximate surface area is 116 Å². The summed E-state index contributed by atoms with van der Waals surface area (Å²) in [6, 6.07) is 0.370. The van der Waals surface area contributed by atoms with Crippen LogP contribution in [0.15, 0.2) is 6.20 Å². The fourth-order valence-electron chi connectivity index (χ4n) is 4.10. The molecule has 3 unspecified atom stereocenters. The van der Waals surface area contributed by atoms with E-state index in [1.807, 2.05) is 11.7 Å². The molecule has 0 bridgehead atoms. The predicted molar refractivity (Wildman–Crippen MR) is 76.8 cm³/mol. The molecule has 19 heavy (non-hydrogen) atoms. The number of nitrogens with two attached hydrogens (primary N) is 1. The van der Waals surface area contributed by atoms with Crippen molar-refractivity contribution in [3.05, 3.63) is 17.5 Å². The normalized spacial score (nSPS) is 28.8. The summed E-state index contributed by atoms with van der Waals surface area (Å²) >= 11 is 0. The van der Waals surface area contributed by atoms with Crippen molar-refractivity contribution in [2.45, 2.75) is 38.6 Å². The fraction of sp³-hybridized carbons (Fsp3) is 0.800. The molecule has 4 nitrogen and oxygen atoms in total. The summed E-state index contributed by atoms with van der Waals surface area (Å²) in [7, 11) is 2.01. The number of rotatable bonds is 4. The van der Waals surface area contributed by atoms with E-state index in [0.717, 1.165) is 18.3 Å². The second-order valence-corrected chi connectivity index (χ2v) is 6.21. The number of aromatic nitrogens is 2. The van der Waals surface area contributed by atoms with Gasteiger partial charge in [0.2, 0.25) is 0 Å². The molecule has 1 aliphatic heterocycles. The van der Waals surface area contributed by atoms with Gasteiger partial charge >= 0.3 is 0 Å². The summed E-state index contributed by atoms with van der Waals surface area (Å²) in [6.07, 6.45) is 7.44. The van der Waals surface area contributed by atoms with Crippen LogP contribution in [0.1, 0.15) is 43.5 Å². The Bertz CT molecular complexity index is 427. The largest absolute Gasteiger partial charge is 0.329 e. The van der Waals surface area contributed by atoms with Crippen molar-refractivity contribution in [3.8, 4) is 0 Å².